The Morgan fingerprint density at radius 1 is 0.902 bits per heavy atom. The van der Waals surface area contributed by atoms with Crippen molar-refractivity contribution >= 4 is 0 Å². The van der Waals surface area contributed by atoms with E-state index in [0.717, 1.165) is 16.7 Å². The van der Waals surface area contributed by atoms with E-state index < -0.39 is 40.9 Å². The number of aromatic nitrogens is 2. The lowest BCUT2D eigenvalue weighted by Gasteiger charge is -2.44. The summed E-state index contributed by atoms with van der Waals surface area (Å²) in [5.41, 5.74) is -1.04. The predicted molar refractivity (Wildman–Crippen MR) is 148 cm³/mol. The van der Waals surface area contributed by atoms with Gasteiger partial charge in [-0.1, -0.05) is 54.6 Å². The molecule has 3 heterocycles. The van der Waals surface area contributed by atoms with Crippen LogP contribution in [0.4, 0.5) is 0 Å². The van der Waals surface area contributed by atoms with Crippen molar-refractivity contribution in [3.63, 3.8) is 0 Å². The predicted octanol–water partition coefficient (Wildman–Crippen LogP) is 2.37. The molecule has 2 N–H and O–H groups in total. The molecule has 10 nitrogen and oxygen atoms in total. The highest BCUT2D eigenvalue weighted by Gasteiger charge is 2.64. The zero-order valence-electron chi connectivity index (χ0n) is 22.6. The van der Waals surface area contributed by atoms with E-state index in [-0.39, 0.29) is 13.2 Å². The average Bonchev–Trinajstić information content (AvgIpc) is 3.18. The van der Waals surface area contributed by atoms with Crippen LogP contribution in [-0.2, 0) is 25.5 Å². The van der Waals surface area contributed by atoms with Crippen LogP contribution in [0.2, 0.25) is 0 Å². The number of ether oxygens (including phenoxy) is 5. The number of benzene rings is 3. The van der Waals surface area contributed by atoms with Gasteiger partial charge in [-0.15, -0.1) is 0 Å². The molecule has 0 saturated carbocycles. The molecule has 1 aromatic heterocycles. The summed E-state index contributed by atoms with van der Waals surface area (Å²) in [7, 11) is 3.22. The second-order valence-corrected chi connectivity index (χ2v) is 10.0. The quantitative estimate of drug-likeness (QED) is 0.301. The van der Waals surface area contributed by atoms with Gasteiger partial charge in [0.25, 0.3) is 5.56 Å². The van der Waals surface area contributed by atoms with Gasteiger partial charge in [0.1, 0.15) is 35.4 Å². The highest BCUT2D eigenvalue weighted by Crippen LogP contribution is 2.46. The number of H-pyrrole nitrogens is 1. The lowest BCUT2D eigenvalue weighted by atomic mass is 9.80. The third kappa shape index (κ3) is 4.45. The van der Waals surface area contributed by atoms with Gasteiger partial charge in [-0.05, 0) is 41.0 Å². The van der Waals surface area contributed by atoms with E-state index in [0.29, 0.717) is 11.5 Å². The van der Waals surface area contributed by atoms with Gasteiger partial charge >= 0.3 is 5.69 Å². The summed E-state index contributed by atoms with van der Waals surface area (Å²) >= 11 is 0. The van der Waals surface area contributed by atoms with Crippen molar-refractivity contribution in [2.24, 2.45) is 0 Å². The van der Waals surface area contributed by atoms with Crippen LogP contribution in [-0.4, -0.2) is 60.4 Å². The van der Waals surface area contributed by atoms with E-state index in [9.17, 15) is 14.7 Å². The summed E-state index contributed by atoms with van der Waals surface area (Å²) < 4.78 is 31.0. The maximum atomic E-state index is 12.6. The molecule has 0 spiro atoms. The molecule has 0 aliphatic carbocycles. The first-order chi connectivity index (χ1) is 19.9. The number of hydrogen-bond donors (Lipinski definition) is 2. The molecule has 0 bridgehead atoms. The van der Waals surface area contributed by atoms with E-state index >= 15 is 0 Å². The number of aliphatic hydroxyl groups excluding tert-OH is 1. The molecule has 10 heteroatoms. The Labute approximate surface area is 235 Å². The third-order valence-corrected chi connectivity index (χ3v) is 7.83. The average molecular weight is 559 g/mol. The van der Waals surface area contributed by atoms with Gasteiger partial charge < -0.3 is 28.8 Å². The van der Waals surface area contributed by atoms with E-state index in [1.165, 1.54) is 16.8 Å². The van der Waals surface area contributed by atoms with Crippen molar-refractivity contribution in [3.05, 3.63) is 129 Å². The zero-order chi connectivity index (χ0) is 28.6. The summed E-state index contributed by atoms with van der Waals surface area (Å²) in [6.07, 6.45) is -1.40. The van der Waals surface area contributed by atoms with Gasteiger partial charge in [0, 0.05) is 12.3 Å². The second kappa shape index (κ2) is 10.6. The number of nitrogens with zero attached hydrogens (tertiary/aromatic N) is 1. The topological polar surface area (TPSA) is 121 Å². The van der Waals surface area contributed by atoms with E-state index in [1.807, 2.05) is 78.9 Å². The highest BCUT2D eigenvalue weighted by atomic mass is 16.7. The number of aliphatic hydroxyl groups is 1. The van der Waals surface area contributed by atoms with Gasteiger partial charge in [0.05, 0.1) is 27.4 Å². The van der Waals surface area contributed by atoms with Gasteiger partial charge in [-0.25, -0.2) is 4.79 Å². The Morgan fingerprint density at radius 3 is 2.00 bits per heavy atom. The molecule has 3 aromatic carbocycles. The lowest BCUT2D eigenvalue weighted by Crippen LogP contribution is -2.63. The van der Waals surface area contributed by atoms with Crippen LogP contribution in [0.3, 0.4) is 0 Å². The highest BCUT2D eigenvalue weighted by molar-refractivity contribution is 5.49. The van der Waals surface area contributed by atoms with Crippen LogP contribution < -0.4 is 20.7 Å². The smallest absolute Gasteiger partial charge is 0.330 e. The number of rotatable bonds is 9. The Balaban J connectivity index is 1.41. The number of fused-ring (bicyclic) bond motifs is 1. The molecule has 2 saturated heterocycles. The van der Waals surface area contributed by atoms with Crippen LogP contribution in [0, 0.1) is 0 Å². The molecule has 2 aliphatic rings. The van der Waals surface area contributed by atoms with E-state index in [2.05, 4.69) is 4.98 Å². The molecule has 0 unspecified atom stereocenters. The summed E-state index contributed by atoms with van der Waals surface area (Å²) in [5, 5.41) is 11.2. The van der Waals surface area contributed by atoms with Crippen molar-refractivity contribution < 1.29 is 28.8 Å². The molecule has 2 fully saturated rings. The maximum absolute atomic E-state index is 12.6. The van der Waals surface area contributed by atoms with E-state index in [1.54, 1.807) is 14.2 Å². The minimum Gasteiger partial charge on any atom is -0.497 e. The number of hydrogen-bond acceptors (Lipinski definition) is 8. The normalized spacial score (nSPS) is 23.4. The van der Waals surface area contributed by atoms with Gasteiger partial charge in [-0.3, -0.25) is 14.3 Å². The summed E-state index contributed by atoms with van der Waals surface area (Å²) in [6.45, 7) is -0.00814. The van der Waals surface area contributed by atoms with Gasteiger partial charge in [0.2, 0.25) is 5.72 Å². The fourth-order valence-corrected chi connectivity index (χ4v) is 5.71. The van der Waals surface area contributed by atoms with Crippen molar-refractivity contribution in [3.8, 4) is 11.5 Å². The first kappa shape index (κ1) is 27.0. The fourth-order valence-electron chi connectivity index (χ4n) is 5.71. The largest absolute Gasteiger partial charge is 0.497 e. The maximum Gasteiger partial charge on any atom is 0.330 e. The molecular formula is C31H30N2O8. The molecular weight excluding hydrogens is 528 g/mol. The molecule has 4 atom stereocenters. The molecule has 6 rings (SSSR count). The Hall–Kier alpha value is -4.22. The lowest BCUT2D eigenvalue weighted by molar-refractivity contribution is -0.279. The molecule has 41 heavy (non-hydrogen) atoms. The molecule has 212 valence electrons. The van der Waals surface area contributed by atoms with Crippen LogP contribution in [0.5, 0.6) is 11.5 Å². The number of methoxy groups -OCH3 is 2. The number of aromatic amines is 1. The number of nitrogens with one attached hydrogen (secondary N) is 1. The Kier molecular flexibility index (Phi) is 7.00. The Morgan fingerprint density at radius 2 is 1.49 bits per heavy atom. The van der Waals surface area contributed by atoms with E-state index in [4.69, 9.17) is 23.7 Å². The minimum absolute atomic E-state index is 0.0396. The molecule has 0 radical (unpaired) electrons. The van der Waals surface area contributed by atoms with Crippen LogP contribution in [0.25, 0.3) is 0 Å². The molecule has 4 aromatic rings. The molecule has 2 aliphatic heterocycles. The van der Waals surface area contributed by atoms with Gasteiger partial charge in [-0.2, -0.15) is 0 Å². The standard InChI is InChI=1S/C31H30N2O8/c1-37-23-12-8-21(9-13-23)31(20-6-4-3-5-7-20,22-10-14-24(38-2)15-11-22)40-18-25-27(35)28-30(41-25,19-39-28)33-17-16-26(34)32-29(33)36/h3-17,25,27-28,35H,18-19H2,1-2H3,(H,32,34,36)/t25-,27-,28-,30-/m1/s1. The monoisotopic (exact) mass is 558 g/mol. The van der Waals surface area contributed by atoms with Crippen molar-refractivity contribution in [2.45, 2.75) is 29.6 Å². The van der Waals surface area contributed by atoms with Gasteiger partial charge in [0.15, 0.2) is 0 Å². The zero-order valence-corrected chi connectivity index (χ0v) is 22.6. The Bertz CT molecular complexity index is 1570. The third-order valence-electron chi connectivity index (χ3n) is 7.83. The van der Waals surface area contributed by atoms with Crippen molar-refractivity contribution in [1.29, 1.82) is 0 Å². The van der Waals surface area contributed by atoms with Crippen molar-refractivity contribution in [2.75, 3.05) is 27.4 Å². The van der Waals surface area contributed by atoms with Crippen LogP contribution in [0.15, 0.2) is 101 Å². The summed E-state index contributed by atoms with van der Waals surface area (Å²) in [4.78, 5) is 26.5. The first-order valence-electron chi connectivity index (χ1n) is 13.2. The van der Waals surface area contributed by atoms with Crippen LogP contribution in [0.1, 0.15) is 16.7 Å². The minimum atomic E-state index is -1.26. The van der Waals surface area contributed by atoms with Crippen LogP contribution >= 0.6 is 0 Å². The SMILES string of the molecule is COc1ccc(C(OC[C@H]2O[C@]3(n4ccc(=O)[nH]c4=O)CO[C@@H]3[C@@H]2O)(c2ccccc2)c2ccc(OC)cc2)cc1. The second-order valence-electron chi connectivity index (χ2n) is 10.0. The summed E-state index contributed by atoms with van der Waals surface area (Å²) in [5.74, 6) is 1.39. The molecule has 0 amide bonds. The first-order valence-corrected chi connectivity index (χ1v) is 13.2. The fraction of sp³-hybridized carbons (Fsp3) is 0.290. The van der Waals surface area contributed by atoms with Crippen molar-refractivity contribution in [1.82, 2.24) is 9.55 Å². The summed E-state index contributed by atoms with van der Waals surface area (Å²) in [6, 6.07) is 26.2.